The lowest BCUT2D eigenvalue weighted by Gasteiger charge is -2.34. The third kappa shape index (κ3) is 2.45. The van der Waals surface area contributed by atoms with E-state index in [1.54, 1.807) is 0 Å². The largest absolute Gasteiger partial charge is 0.326 e. The maximum absolute atomic E-state index is 5.68. The van der Waals surface area contributed by atoms with Crippen molar-refractivity contribution in [2.45, 2.75) is 32.9 Å². The van der Waals surface area contributed by atoms with E-state index < -0.39 is 0 Å². The summed E-state index contributed by atoms with van der Waals surface area (Å²) in [4.78, 5) is 0. The molecular weight excluding hydrogens is 196 g/mol. The number of nitrogens with two attached hydrogens (primary N) is 1. The Morgan fingerprint density at radius 3 is 2.88 bits per heavy atom. The van der Waals surface area contributed by atoms with Gasteiger partial charge in [0.15, 0.2) is 0 Å². The van der Waals surface area contributed by atoms with Crippen LogP contribution in [0.2, 0.25) is 0 Å². The molecule has 3 unspecified atom stereocenters. The second kappa shape index (κ2) is 4.98. The summed E-state index contributed by atoms with van der Waals surface area (Å²) in [6, 6.07) is 9.17. The first-order chi connectivity index (χ1) is 7.70. The lowest BCUT2D eigenvalue weighted by atomic mass is 9.83. The van der Waals surface area contributed by atoms with Gasteiger partial charge in [0.1, 0.15) is 0 Å². The molecule has 1 fully saturated rings. The van der Waals surface area contributed by atoms with E-state index in [0.717, 1.165) is 12.5 Å². The van der Waals surface area contributed by atoms with Gasteiger partial charge in [-0.25, -0.2) is 0 Å². The normalized spacial score (nSPS) is 30.3. The van der Waals surface area contributed by atoms with Crippen LogP contribution in [0.1, 0.15) is 37.4 Å². The monoisotopic (exact) mass is 218 g/mol. The maximum atomic E-state index is 5.68. The van der Waals surface area contributed by atoms with Gasteiger partial charge in [-0.1, -0.05) is 38.1 Å². The van der Waals surface area contributed by atoms with Gasteiger partial charge in [-0.15, -0.1) is 0 Å². The molecule has 0 radical (unpaired) electrons. The van der Waals surface area contributed by atoms with Crippen molar-refractivity contribution >= 4 is 0 Å². The van der Waals surface area contributed by atoms with Crippen LogP contribution in [0.15, 0.2) is 24.3 Å². The summed E-state index contributed by atoms with van der Waals surface area (Å²) in [5.41, 5.74) is 8.30. The van der Waals surface area contributed by atoms with Gasteiger partial charge in [-0.2, -0.15) is 0 Å². The first kappa shape index (κ1) is 11.6. The van der Waals surface area contributed by atoms with Crippen LogP contribution in [0, 0.1) is 11.8 Å². The van der Waals surface area contributed by atoms with Crippen LogP contribution in [0.4, 0.5) is 0 Å². The minimum atomic E-state index is 0.502. The van der Waals surface area contributed by atoms with Crippen LogP contribution in [0.25, 0.3) is 0 Å². The molecule has 0 spiro atoms. The molecule has 3 N–H and O–H groups in total. The van der Waals surface area contributed by atoms with Crippen LogP contribution in [-0.2, 0) is 6.54 Å². The zero-order valence-corrected chi connectivity index (χ0v) is 10.2. The third-order valence-electron chi connectivity index (χ3n) is 3.58. The lowest BCUT2D eigenvalue weighted by molar-refractivity contribution is 0.246. The summed E-state index contributed by atoms with van der Waals surface area (Å²) in [6.07, 6.45) is 1.31. The van der Waals surface area contributed by atoms with E-state index in [9.17, 15) is 0 Å². The predicted molar refractivity (Wildman–Crippen MR) is 68.0 cm³/mol. The van der Waals surface area contributed by atoms with E-state index in [4.69, 9.17) is 5.73 Å². The van der Waals surface area contributed by atoms with Crippen molar-refractivity contribution in [1.82, 2.24) is 5.32 Å². The molecule has 2 heteroatoms. The number of hydrogen-bond donors (Lipinski definition) is 2. The topological polar surface area (TPSA) is 38.0 Å². The van der Waals surface area contributed by atoms with E-state index in [2.05, 4.69) is 43.4 Å². The summed E-state index contributed by atoms with van der Waals surface area (Å²) in [5.74, 6) is 1.50. The fourth-order valence-electron chi connectivity index (χ4n) is 2.74. The summed E-state index contributed by atoms with van der Waals surface area (Å²) in [5, 5.41) is 3.65. The number of benzene rings is 1. The Bertz CT molecular complexity index is 348. The highest BCUT2D eigenvalue weighted by atomic mass is 14.9. The van der Waals surface area contributed by atoms with Crippen molar-refractivity contribution in [2.24, 2.45) is 17.6 Å². The molecule has 0 bridgehead atoms. The van der Waals surface area contributed by atoms with E-state index in [1.165, 1.54) is 17.5 Å². The molecule has 1 aliphatic rings. The van der Waals surface area contributed by atoms with Gasteiger partial charge < -0.3 is 11.1 Å². The Balaban J connectivity index is 2.16. The molecule has 1 saturated heterocycles. The van der Waals surface area contributed by atoms with Gasteiger partial charge in [0.25, 0.3) is 0 Å². The maximum Gasteiger partial charge on any atom is 0.0346 e. The average molecular weight is 218 g/mol. The molecule has 88 valence electrons. The first-order valence-corrected chi connectivity index (χ1v) is 6.23. The van der Waals surface area contributed by atoms with Crippen molar-refractivity contribution in [3.05, 3.63) is 35.4 Å². The molecule has 0 aromatic heterocycles. The van der Waals surface area contributed by atoms with Crippen LogP contribution in [0.3, 0.4) is 0 Å². The molecule has 2 nitrogen and oxygen atoms in total. The number of piperidine rings is 1. The number of rotatable bonds is 2. The molecule has 1 aromatic rings. The summed E-state index contributed by atoms with van der Waals surface area (Å²) >= 11 is 0. The lowest BCUT2D eigenvalue weighted by Crippen LogP contribution is -2.37. The van der Waals surface area contributed by atoms with Gasteiger partial charge in [0.2, 0.25) is 0 Å². The predicted octanol–water partition coefficient (Wildman–Crippen LogP) is 2.45. The molecule has 1 heterocycles. The van der Waals surface area contributed by atoms with Gasteiger partial charge in [0, 0.05) is 12.6 Å². The molecule has 1 aromatic carbocycles. The van der Waals surface area contributed by atoms with Crippen LogP contribution in [-0.4, -0.2) is 6.54 Å². The van der Waals surface area contributed by atoms with Crippen molar-refractivity contribution < 1.29 is 0 Å². The molecule has 0 saturated carbocycles. The quantitative estimate of drug-likeness (QED) is 0.800. The minimum Gasteiger partial charge on any atom is -0.326 e. The number of nitrogens with one attached hydrogen (secondary N) is 1. The molecule has 3 atom stereocenters. The zero-order valence-electron chi connectivity index (χ0n) is 10.2. The Morgan fingerprint density at radius 1 is 1.38 bits per heavy atom. The standard InChI is InChI=1S/C14H22N2/c1-10-6-11(2)14(16-9-10)13-5-3-4-12(7-13)8-15/h3-5,7,10-11,14,16H,6,8-9,15H2,1-2H3. The molecular formula is C14H22N2. The van der Waals surface area contributed by atoms with E-state index in [1.807, 2.05) is 0 Å². The minimum absolute atomic E-state index is 0.502. The van der Waals surface area contributed by atoms with Crippen molar-refractivity contribution in [3.63, 3.8) is 0 Å². The summed E-state index contributed by atoms with van der Waals surface area (Å²) < 4.78 is 0. The van der Waals surface area contributed by atoms with Crippen LogP contribution < -0.4 is 11.1 Å². The zero-order chi connectivity index (χ0) is 11.5. The molecule has 1 aliphatic heterocycles. The first-order valence-electron chi connectivity index (χ1n) is 6.23. The van der Waals surface area contributed by atoms with E-state index in [0.29, 0.717) is 18.5 Å². The van der Waals surface area contributed by atoms with E-state index >= 15 is 0 Å². The highest BCUT2D eigenvalue weighted by Gasteiger charge is 2.25. The fraction of sp³-hybridized carbons (Fsp3) is 0.571. The molecule has 0 amide bonds. The van der Waals surface area contributed by atoms with Gasteiger partial charge in [-0.3, -0.25) is 0 Å². The van der Waals surface area contributed by atoms with Crippen LogP contribution in [0.5, 0.6) is 0 Å². The second-order valence-corrected chi connectivity index (χ2v) is 5.15. The Kier molecular flexibility index (Phi) is 3.62. The fourth-order valence-corrected chi connectivity index (χ4v) is 2.74. The summed E-state index contributed by atoms with van der Waals surface area (Å²) in [6.45, 7) is 6.41. The Labute approximate surface area is 98.2 Å². The Hall–Kier alpha value is -0.860. The smallest absolute Gasteiger partial charge is 0.0346 e. The SMILES string of the molecule is CC1CNC(c2cccc(CN)c2)C(C)C1. The highest BCUT2D eigenvalue weighted by molar-refractivity contribution is 5.26. The van der Waals surface area contributed by atoms with Gasteiger partial charge in [-0.05, 0) is 35.9 Å². The van der Waals surface area contributed by atoms with Gasteiger partial charge in [0.05, 0.1) is 0 Å². The summed E-state index contributed by atoms with van der Waals surface area (Å²) in [7, 11) is 0. The van der Waals surface area contributed by atoms with Crippen molar-refractivity contribution in [3.8, 4) is 0 Å². The molecule has 16 heavy (non-hydrogen) atoms. The van der Waals surface area contributed by atoms with Gasteiger partial charge >= 0.3 is 0 Å². The molecule has 0 aliphatic carbocycles. The highest BCUT2D eigenvalue weighted by Crippen LogP contribution is 2.31. The molecule has 2 rings (SSSR count). The van der Waals surface area contributed by atoms with Crippen molar-refractivity contribution in [2.75, 3.05) is 6.54 Å². The van der Waals surface area contributed by atoms with E-state index in [-0.39, 0.29) is 0 Å². The average Bonchev–Trinajstić information content (AvgIpc) is 2.29. The number of hydrogen-bond acceptors (Lipinski definition) is 2. The Morgan fingerprint density at radius 2 is 2.19 bits per heavy atom. The van der Waals surface area contributed by atoms with Crippen LogP contribution >= 0.6 is 0 Å². The third-order valence-corrected chi connectivity index (χ3v) is 3.58. The van der Waals surface area contributed by atoms with Crippen molar-refractivity contribution in [1.29, 1.82) is 0 Å². The second-order valence-electron chi connectivity index (χ2n) is 5.15.